The first-order valence-corrected chi connectivity index (χ1v) is 7.68. The van der Waals surface area contributed by atoms with Gasteiger partial charge in [0.05, 0.1) is 6.61 Å². The number of nitrogens with two attached hydrogens (primary N) is 1. The molecule has 0 radical (unpaired) electrons. The van der Waals surface area contributed by atoms with Crippen molar-refractivity contribution in [3.8, 4) is 0 Å². The maximum atomic E-state index is 9.03. The van der Waals surface area contributed by atoms with Gasteiger partial charge in [0, 0.05) is 37.9 Å². The third-order valence-corrected chi connectivity index (χ3v) is 4.13. The number of nitrogens with zero attached hydrogens (tertiary/aromatic N) is 2. The van der Waals surface area contributed by atoms with Crippen LogP contribution in [0.4, 0.5) is 5.69 Å². The molecule has 1 aliphatic rings. The van der Waals surface area contributed by atoms with Gasteiger partial charge in [-0.1, -0.05) is 19.1 Å². The standard InChI is InChI=1S/C16H27N3O/c1-2-16(17)14-4-6-15(7-5-14)19-9-3-8-18(10-11-19)12-13-20/h4-7,16,20H,2-3,8-13,17H2,1H3/t16-/m0/s1. The number of rotatable bonds is 5. The van der Waals surface area contributed by atoms with Gasteiger partial charge in [-0.2, -0.15) is 0 Å². The maximum Gasteiger partial charge on any atom is 0.0558 e. The van der Waals surface area contributed by atoms with Crippen LogP contribution in [0.2, 0.25) is 0 Å². The van der Waals surface area contributed by atoms with Crippen molar-refractivity contribution in [2.45, 2.75) is 25.8 Å². The van der Waals surface area contributed by atoms with Crippen LogP contribution in [0, 0.1) is 0 Å². The second kappa shape index (κ2) is 7.62. The van der Waals surface area contributed by atoms with Crippen LogP contribution in [-0.2, 0) is 0 Å². The topological polar surface area (TPSA) is 52.7 Å². The number of aliphatic hydroxyl groups is 1. The van der Waals surface area contributed by atoms with Gasteiger partial charge in [-0.3, -0.25) is 4.90 Å². The average molecular weight is 277 g/mol. The van der Waals surface area contributed by atoms with Crippen molar-refractivity contribution in [1.29, 1.82) is 0 Å². The Balaban J connectivity index is 1.97. The van der Waals surface area contributed by atoms with Gasteiger partial charge in [-0.15, -0.1) is 0 Å². The lowest BCUT2D eigenvalue weighted by atomic mass is 10.1. The first kappa shape index (κ1) is 15.3. The highest BCUT2D eigenvalue weighted by molar-refractivity contribution is 5.48. The molecule has 1 aliphatic heterocycles. The number of anilines is 1. The van der Waals surface area contributed by atoms with Crippen LogP contribution in [0.5, 0.6) is 0 Å². The van der Waals surface area contributed by atoms with Crippen molar-refractivity contribution in [3.05, 3.63) is 29.8 Å². The van der Waals surface area contributed by atoms with E-state index in [4.69, 9.17) is 10.8 Å². The van der Waals surface area contributed by atoms with Crippen LogP contribution in [0.15, 0.2) is 24.3 Å². The number of β-amino-alcohol motifs (C(OH)–C–C–N with tert-alkyl or cyclic N) is 1. The predicted octanol–water partition coefficient (Wildman–Crippen LogP) is 1.60. The summed E-state index contributed by atoms with van der Waals surface area (Å²) in [5.41, 5.74) is 8.55. The molecule has 0 saturated carbocycles. The van der Waals surface area contributed by atoms with E-state index in [9.17, 15) is 0 Å². The first-order chi connectivity index (χ1) is 9.74. The summed E-state index contributed by atoms with van der Waals surface area (Å²) >= 11 is 0. The lowest BCUT2D eigenvalue weighted by molar-refractivity contribution is 0.204. The SMILES string of the molecule is CC[C@H](N)c1ccc(N2CCCN(CCO)CC2)cc1. The van der Waals surface area contributed by atoms with Gasteiger partial charge in [-0.05, 0) is 37.1 Å². The Morgan fingerprint density at radius 2 is 1.90 bits per heavy atom. The van der Waals surface area contributed by atoms with Crippen LogP contribution in [0.3, 0.4) is 0 Å². The molecule has 4 nitrogen and oxygen atoms in total. The van der Waals surface area contributed by atoms with Crippen LogP contribution >= 0.6 is 0 Å². The smallest absolute Gasteiger partial charge is 0.0558 e. The zero-order valence-electron chi connectivity index (χ0n) is 12.5. The quantitative estimate of drug-likeness (QED) is 0.858. The largest absolute Gasteiger partial charge is 0.395 e. The van der Waals surface area contributed by atoms with Crippen molar-refractivity contribution in [2.75, 3.05) is 44.2 Å². The van der Waals surface area contributed by atoms with Gasteiger partial charge in [0.25, 0.3) is 0 Å². The van der Waals surface area contributed by atoms with Gasteiger partial charge in [-0.25, -0.2) is 0 Å². The summed E-state index contributed by atoms with van der Waals surface area (Å²) in [7, 11) is 0. The predicted molar refractivity (Wildman–Crippen MR) is 84.0 cm³/mol. The summed E-state index contributed by atoms with van der Waals surface area (Å²) in [6, 6.07) is 8.83. The zero-order valence-corrected chi connectivity index (χ0v) is 12.5. The van der Waals surface area contributed by atoms with E-state index in [1.165, 1.54) is 11.3 Å². The molecule has 0 aromatic heterocycles. The highest BCUT2D eigenvalue weighted by atomic mass is 16.3. The maximum absolute atomic E-state index is 9.03. The summed E-state index contributed by atoms with van der Waals surface area (Å²) in [4.78, 5) is 4.76. The number of aliphatic hydroxyl groups excluding tert-OH is 1. The van der Waals surface area contributed by atoms with Gasteiger partial charge >= 0.3 is 0 Å². The van der Waals surface area contributed by atoms with E-state index in [-0.39, 0.29) is 12.6 Å². The van der Waals surface area contributed by atoms with Gasteiger partial charge in [0.15, 0.2) is 0 Å². The minimum absolute atomic E-state index is 0.147. The monoisotopic (exact) mass is 277 g/mol. The van der Waals surface area contributed by atoms with Crippen LogP contribution < -0.4 is 10.6 Å². The fraction of sp³-hybridized carbons (Fsp3) is 0.625. The van der Waals surface area contributed by atoms with E-state index < -0.39 is 0 Å². The molecular formula is C16H27N3O. The van der Waals surface area contributed by atoms with E-state index >= 15 is 0 Å². The molecule has 1 atom stereocenters. The third-order valence-electron chi connectivity index (χ3n) is 4.13. The summed E-state index contributed by atoms with van der Waals surface area (Å²) in [6.45, 7) is 7.37. The van der Waals surface area contributed by atoms with Gasteiger partial charge in [0.2, 0.25) is 0 Å². The molecule has 0 unspecified atom stereocenters. The molecule has 0 spiro atoms. The molecule has 0 aliphatic carbocycles. The Bertz CT molecular complexity index is 393. The highest BCUT2D eigenvalue weighted by Crippen LogP contribution is 2.21. The van der Waals surface area contributed by atoms with Crippen LogP contribution in [0.1, 0.15) is 31.4 Å². The molecule has 112 valence electrons. The number of hydrogen-bond acceptors (Lipinski definition) is 4. The first-order valence-electron chi connectivity index (χ1n) is 7.68. The zero-order chi connectivity index (χ0) is 14.4. The number of hydrogen-bond donors (Lipinski definition) is 2. The van der Waals surface area contributed by atoms with E-state index in [0.717, 1.165) is 45.6 Å². The second-order valence-corrected chi connectivity index (χ2v) is 5.51. The number of benzene rings is 1. The summed E-state index contributed by atoms with van der Waals surface area (Å²) in [5.74, 6) is 0. The Morgan fingerprint density at radius 3 is 2.55 bits per heavy atom. The van der Waals surface area contributed by atoms with Gasteiger partial charge < -0.3 is 15.7 Å². The van der Waals surface area contributed by atoms with Gasteiger partial charge in [0.1, 0.15) is 0 Å². The van der Waals surface area contributed by atoms with E-state index in [1.54, 1.807) is 0 Å². The molecule has 2 rings (SSSR count). The Morgan fingerprint density at radius 1 is 1.15 bits per heavy atom. The molecule has 0 amide bonds. The fourth-order valence-electron chi connectivity index (χ4n) is 2.76. The van der Waals surface area contributed by atoms with Crippen molar-refractivity contribution in [3.63, 3.8) is 0 Å². The van der Waals surface area contributed by atoms with Crippen LogP contribution in [0.25, 0.3) is 0 Å². The van der Waals surface area contributed by atoms with Crippen LogP contribution in [-0.4, -0.2) is 49.3 Å². The average Bonchev–Trinajstić information content (AvgIpc) is 2.73. The van der Waals surface area contributed by atoms with Crippen molar-refractivity contribution < 1.29 is 5.11 Å². The molecule has 1 heterocycles. The highest BCUT2D eigenvalue weighted by Gasteiger charge is 2.15. The molecule has 1 aromatic rings. The Labute approximate surface area is 122 Å². The van der Waals surface area contributed by atoms with E-state index in [2.05, 4.69) is 41.0 Å². The summed E-state index contributed by atoms with van der Waals surface area (Å²) in [5, 5.41) is 9.03. The molecule has 0 bridgehead atoms. The third kappa shape index (κ3) is 3.95. The van der Waals surface area contributed by atoms with E-state index in [1.807, 2.05) is 0 Å². The normalized spacial score (nSPS) is 18.9. The molecule has 1 saturated heterocycles. The fourth-order valence-corrected chi connectivity index (χ4v) is 2.76. The molecule has 1 aromatic carbocycles. The van der Waals surface area contributed by atoms with E-state index in [0.29, 0.717) is 0 Å². The minimum Gasteiger partial charge on any atom is -0.395 e. The lowest BCUT2D eigenvalue weighted by Crippen LogP contribution is -2.32. The minimum atomic E-state index is 0.147. The molecular weight excluding hydrogens is 250 g/mol. The summed E-state index contributed by atoms with van der Waals surface area (Å²) < 4.78 is 0. The molecule has 1 fully saturated rings. The lowest BCUT2D eigenvalue weighted by Gasteiger charge is -2.24. The summed E-state index contributed by atoms with van der Waals surface area (Å²) in [6.07, 6.45) is 2.12. The molecule has 4 heteroatoms. The second-order valence-electron chi connectivity index (χ2n) is 5.51. The van der Waals surface area contributed by atoms with Crippen molar-refractivity contribution in [2.24, 2.45) is 5.73 Å². The Hall–Kier alpha value is -1.10. The molecule has 20 heavy (non-hydrogen) atoms. The van der Waals surface area contributed by atoms with Crippen molar-refractivity contribution in [1.82, 2.24) is 4.90 Å². The molecule has 3 N–H and O–H groups in total. The van der Waals surface area contributed by atoms with Crippen molar-refractivity contribution >= 4 is 5.69 Å². The Kier molecular flexibility index (Phi) is 5.83.